The van der Waals surface area contributed by atoms with Gasteiger partial charge in [0, 0.05) is 29.8 Å². The molecule has 1 atom stereocenters. The Morgan fingerprint density at radius 3 is 2.53 bits per heavy atom. The van der Waals surface area contributed by atoms with Crippen LogP contribution < -0.4 is 5.32 Å². The van der Waals surface area contributed by atoms with Gasteiger partial charge in [-0.1, -0.05) is 56.3 Å². The highest BCUT2D eigenvalue weighted by molar-refractivity contribution is 6.24. The Morgan fingerprint density at radius 1 is 1.08 bits per heavy atom. The number of non-ortho nitro benzene ring substituents is 1. The highest BCUT2D eigenvalue weighted by Crippen LogP contribution is 2.38. The van der Waals surface area contributed by atoms with Crippen LogP contribution in [0.4, 0.5) is 17.1 Å². The standard InChI is InChI=1S/C28H25N5O3/c1-17(2)14-25-29-16-24(31-25)18-8-10-20(11-9-18)30-27(19-6-4-3-5-7-19)26-22-15-21(33(35)36)12-13-23(22)32-28(26)34/h3-13,15-17,26H,14H2,1-2H3,(H,29,31)(H,32,34). The van der Waals surface area contributed by atoms with E-state index in [1.807, 2.05) is 60.8 Å². The minimum absolute atomic E-state index is 0.0663. The number of carbonyl (C=O) groups excluding carboxylic acids is 1. The van der Waals surface area contributed by atoms with Gasteiger partial charge >= 0.3 is 0 Å². The molecule has 0 saturated carbocycles. The zero-order valence-electron chi connectivity index (χ0n) is 19.9. The van der Waals surface area contributed by atoms with Crippen molar-refractivity contribution >= 4 is 28.7 Å². The minimum atomic E-state index is -0.770. The molecule has 5 rings (SSSR count). The zero-order chi connectivity index (χ0) is 25.2. The van der Waals surface area contributed by atoms with Crippen LogP contribution >= 0.6 is 0 Å². The van der Waals surface area contributed by atoms with Crippen molar-refractivity contribution in [2.24, 2.45) is 10.9 Å². The lowest BCUT2D eigenvalue weighted by Crippen LogP contribution is -2.22. The van der Waals surface area contributed by atoms with Gasteiger partial charge in [-0.3, -0.25) is 19.9 Å². The Morgan fingerprint density at radius 2 is 1.83 bits per heavy atom. The summed E-state index contributed by atoms with van der Waals surface area (Å²) in [5, 5.41) is 14.2. The van der Waals surface area contributed by atoms with Gasteiger partial charge in [0.15, 0.2) is 0 Å². The number of rotatable bonds is 7. The Hall–Kier alpha value is -4.59. The molecule has 1 aromatic heterocycles. The fourth-order valence-electron chi connectivity index (χ4n) is 4.39. The van der Waals surface area contributed by atoms with Gasteiger partial charge in [0.2, 0.25) is 5.91 Å². The van der Waals surface area contributed by atoms with E-state index in [1.165, 1.54) is 12.1 Å². The molecule has 1 aliphatic rings. The highest BCUT2D eigenvalue weighted by Gasteiger charge is 2.36. The van der Waals surface area contributed by atoms with Crippen molar-refractivity contribution in [2.45, 2.75) is 26.2 Å². The van der Waals surface area contributed by atoms with Crippen molar-refractivity contribution in [3.8, 4) is 11.3 Å². The molecule has 0 spiro atoms. The molecule has 0 bridgehead atoms. The summed E-state index contributed by atoms with van der Waals surface area (Å²) in [6, 6.07) is 21.5. The first kappa shape index (κ1) is 23.2. The topological polar surface area (TPSA) is 113 Å². The molecule has 180 valence electrons. The number of aromatic nitrogens is 2. The summed E-state index contributed by atoms with van der Waals surface area (Å²) in [6.07, 6.45) is 2.71. The summed E-state index contributed by atoms with van der Waals surface area (Å²) < 4.78 is 0. The van der Waals surface area contributed by atoms with Crippen molar-refractivity contribution in [3.63, 3.8) is 0 Å². The smallest absolute Gasteiger partial charge is 0.269 e. The molecule has 1 aliphatic heterocycles. The van der Waals surface area contributed by atoms with Crippen LogP contribution in [-0.4, -0.2) is 26.5 Å². The van der Waals surface area contributed by atoms with Crippen LogP contribution in [0, 0.1) is 16.0 Å². The average molecular weight is 480 g/mol. The van der Waals surface area contributed by atoms with E-state index in [-0.39, 0.29) is 11.6 Å². The van der Waals surface area contributed by atoms with Gasteiger partial charge < -0.3 is 10.3 Å². The number of nitro groups is 1. The molecule has 36 heavy (non-hydrogen) atoms. The maximum Gasteiger partial charge on any atom is 0.269 e. The molecule has 2 N–H and O–H groups in total. The highest BCUT2D eigenvalue weighted by atomic mass is 16.6. The van der Waals surface area contributed by atoms with Crippen LogP contribution in [0.1, 0.15) is 36.7 Å². The Kier molecular flexibility index (Phi) is 6.16. The summed E-state index contributed by atoms with van der Waals surface area (Å²) in [5.41, 5.74) is 4.93. The van der Waals surface area contributed by atoms with Gasteiger partial charge in [-0.15, -0.1) is 0 Å². The van der Waals surface area contributed by atoms with E-state index in [9.17, 15) is 14.9 Å². The summed E-state index contributed by atoms with van der Waals surface area (Å²) in [7, 11) is 0. The molecular weight excluding hydrogens is 454 g/mol. The number of hydrogen-bond donors (Lipinski definition) is 2. The van der Waals surface area contributed by atoms with E-state index in [2.05, 4.69) is 29.1 Å². The molecule has 2 heterocycles. The van der Waals surface area contributed by atoms with Crippen LogP contribution in [0.25, 0.3) is 11.3 Å². The lowest BCUT2D eigenvalue weighted by molar-refractivity contribution is -0.384. The molecule has 1 unspecified atom stereocenters. The first-order chi connectivity index (χ1) is 17.4. The van der Waals surface area contributed by atoms with E-state index < -0.39 is 10.8 Å². The number of benzene rings is 3. The van der Waals surface area contributed by atoms with Crippen molar-refractivity contribution in [1.82, 2.24) is 9.97 Å². The minimum Gasteiger partial charge on any atom is -0.342 e. The monoisotopic (exact) mass is 479 g/mol. The van der Waals surface area contributed by atoms with Crippen LogP contribution in [-0.2, 0) is 11.2 Å². The van der Waals surface area contributed by atoms with E-state index >= 15 is 0 Å². The van der Waals surface area contributed by atoms with Crippen LogP contribution in [0.2, 0.25) is 0 Å². The van der Waals surface area contributed by atoms with Gasteiger partial charge in [0.1, 0.15) is 11.7 Å². The van der Waals surface area contributed by atoms with Crippen LogP contribution in [0.3, 0.4) is 0 Å². The number of nitrogens with zero attached hydrogens (tertiary/aromatic N) is 3. The number of fused-ring (bicyclic) bond motifs is 1. The number of nitro benzene ring substituents is 1. The SMILES string of the molecule is CC(C)Cc1ncc(-c2ccc(N=C(c3ccccc3)C3C(=O)Nc4ccc([N+](=O)[O-])cc43)cc2)[nH]1. The van der Waals surface area contributed by atoms with Gasteiger partial charge in [-0.2, -0.15) is 0 Å². The van der Waals surface area contributed by atoms with E-state index in [0.29, 0.717) is 28.6 Å². The number of nitrogens with one attached hydrogen (secondary N) is 2. The normalized spacial score (nSPS) is 15.1. The fraction of sp³-hybridized carbons (Fsp3) is 0.179. The van der Waals surface area contributed by atoms with Crippen molar-refractivity contribution in [1.29, 1.82) is 0 Å². The quantitative estimate of drug-likeness (QED) is 0.191. The first-order valence-electron chi connectivity index (χ1n) is 11.8. The molecule has 0 saturated heterocycles. The zero-order valence-corrected chi connectivity index (χ0v) is 19.9. The lowest BCUT2D eigenvalue weighted by Gasteiger charge is -2.14. The molecule has 8 nitrogen and oxygen atoms in total. The molecule has 0 fully saturated rings. The molecular formula is C28H25N5O3. The number of aliphatic imine (C=N–C) groups is 1. The van der Waals surface area contributed by atoms with Crippen molar-refractivity contribution in [3.05, 3.63) is 106 Å². The number of anilines is 1. The third kappa shape index (κ3) is 4.65. The third-order valence-electron chi connectivity index (χ3n) is 6.08. The van der Waals surface area contributed by atoms with Gasteiger partial charge in [-0.25, -0.2) is 4.98 Å². The molecule has 3 aromatic carbocycles. The predicted molar refractivity (Wildman–Crippen MR) is 140 cm³/mol. The largest absolute Gasteiger partial charge is 0.342 e. The number of imidazole rings is 1. The summed E-state index contributed by atoms with van der Waals surface area (Å²) in [5.74, 6) is 0.429. The first-order valence-corrected chi connectivity index (χ1v) is 11.8. The second kappa shape index (κ2) is 9.58. The van der Waals surface area contributed by atoms with Gasteiger partial charge in [0.05, 0.1) is 28.2 Å². The van der Waals surface area contributed by atoms with Crippen molar-refractivity contribution in [2.75, 3.05) is 5.32 Å². The molecule has 0 radical (unpaired) electrons. The van der Waals surface area contributed by atoms with E-state index in [0.717, 1.165) is 29.1 Å². The molecule has 0 aliphatic carbocycles. The molecule has 1 amide bonds. The number of hydrogen-bond acceptors (Lipinski definition) is 5. The average Bonchev–Trinajstić information content (AvgIpc) is 3.46. The molecule has 8 heteroatoms. The van der Waals surface area contributed by atoms with Gasteiger partial charge in [-0.05, 0) is 35.2 Å². The van der Waals surface area contributed by atoms with Crippen molar-refractivity contribution < 1.29 is 9.72 Å². The maximum absolute atomic E-state index is 13.1. The van der Waals surface area contributed by atoms with E-state index in [4.69, 9.17) is 4.99 Å². The second-order valence-corrected chi connectivity index (χ2v) is 9.20. The second-order valence-electron chi connectivity index (χ2n) is 9.20. The van der Waals surface area contributed by atoms with Crippen LogP contribution in [0.15, 0.2) is 84.0 Å². The Labute approximate surface area is 208 Å². The lowest BCUT2D eigenvalue weighted by atomic mass is 9.90. The number of H-pyrrole nitrogens is 1. The van der Waals surface area contributed by atoms with E-state index in [1.54, 1.807) is 6.07 Å². The number of aromatic amines is 1. The van der Waals surface area contributed by atoms with Crippen LogP contribution in [0.5, 0.6) is 0 Å². The molecule has 4 aromatic rings. The number of carbonyl (C=O) groups is 1. The summed E-state index contributed by atoms with van der Waals surface area (Å²) in [6.45, 7) is 4.31. The van der Waals surface area contributed by atoms with Gasteiger partial charge in [0.25, 0.3) is 5.69 Å². The Bertz CT molecular complexity index is 1460. The summed E-state index contributed by atoms with van der Waals surface area (Å²) >= 11 is 0. The predicted octanol–water partition coefficient (Wildman–Crippen LogP) is 6.04. The fourth-order valence-corrected chi connectivity index (χ4v) is 4.39. The number of amides is 1. The summed E-state index contributed by atoms with van der Waals surface area (Å²) in [4.78, 5) is 36.7. The Balaban J connectivity index is 1.53. The third-order valence-corrected chi connectivity index (χ3v) is 6.08. The maximum atomic E-state index is 13.1.